The molecule has 0 spiro atoms. The zero-order valence-electron chi connectivity index (χ0n) is 16.3. The third-order valence-electron chi connectivity index (χ3n) is 4.69. The van der Waals surface area contributed by atoms with Gasteiger partial charge in [-0.3, -0.25) is 0 Å². The van der Waals surface area contributed by atoms with Gasteiger partial charge in [0.25, 0.3) is 0 Å². The molecule has 0 saturated carbocycles. The van der Waals surface area contributed by atoms with Crippen molar-refractivity contribution in [3.8, 4) is 11.5 Å². The molecule has 0 bridgehead atoms. The van der Waals surface area contributed by atoms with Crippen molar-refractivity contribution in [2.24, 2.45) is 0 Å². The van der Waals surface area contributed by atoms with Gasteiger partial charge >= 0.3 is 0 Å². The molecule has 0 amide bonds. The highest BCUT2D eigenvalue weighted by molar-refractivity contribution is 5.43. The van der Waals surface area contributed by atoms with Crippen molar-refractivity contribution in [3.63, 3.8) is 0 Å². The van der Waals surface area contributed by atoms with Gasteiger partial charge in [-0.1, -0.05) is 41.6 Å². The third kappa shape index (κ3) is 4.68. The first-order chi connectivity index (χ1) is 13.1. The number of hydrogen-bond acceptors (Lipinski definition) is 5. The number of nitrogens with one attached hydrogen (secondary N) is 1. The van der Waals surface area contributed by atoms with Crippen molar-refractivity contribution in [3.05, 3.63) is 76.7 Å². The molecule has 1 unspecified atom stereocenters. The van der Waals surface area contributed by atoms with Gasteiger partial charge < -0.3 is 19.3 Å². The summed E-state index contributed by atoms with van der Waals surface area (Å²) in [5.74, 6) is 2.20. The average molecular weight is 366 g/mol. The molecule has 1 heterocycles. The van der Waals surface area contributed by atoms with Gasteiger partial charge in [0, 0.05) is 12.6 Å². The van der Waals surface area contributed by atoms with E-state index < -0.39 is 0 Å². The molecule has 5 heteroatoms. The summed E-state index contributed by atoms with van der Waals surface area (Å²) in [6, 6.07) is 16.7. The second-order valence-corrected chi connectivity index (χ2v) is 6.59. The topological polar surface area (TPSA) is 56.5 Å². The molecule has 1 aromatic heterocycles. The van der Waals surface area contributed by atoms with Crippen molar-refractivity contribution in [2.45, 2.75) is 40.0 Å². The van der Waals surface area contributed by atoms with Crippen LogP contribution in [-0.4, -0.2) is 12.3 Å². The highest BCUT2D eigenvalue weighted by atomic mass is 16.5. The van der Waals surface area contributed by atoms with Gasteiger partial charge in [0.15, 0.2) is 11.5 Å². The summed E-state index contributed by atoms with van der Waals surface area (Å²) in [7, 11) is 1.65. The van der Waals surface area contributed by atoms with Gasteiger partial charge in [-0.25, -0.2) is 0 Å². The maximum atomic E-state index is 5.94. The number of ether oxygens (including phenoxy) is 2. The monoisotopic (exact) mass is 366 g/mol. The fraction of sp³-hybridized carbons (Fsp3) is 0.318. The molecule has 142 valence electrons. The van der Waals surface area contributed by atoms with Gasteiger partial charge in [0.2, 0.25) is 0 Å². The number of aryl methyl sites for hydroxylation is 2. The lowest BCUT2D eigenvalue weighted by molar-refractivity contribution is 0.281. The highest BCUT2D eigenvalue weighted by Gasteiger charge is 2.12. The zero-order valence-corrected chi connectivity index (χ0v) is 16.3. The normalized spacial score (nSPS) is 12.0. The van der Waals surface area contributed by atoms with Crippen molar-refractivity contribution in [1.29, 1.82) is 0 Å². The number of benzene rings is 2. The van der Waals surface area contributed by atoms with Crippen LogP contribution in [0.5, 0.6) is 11.5 Å². The molecular formula is C22H26N2O3. The first-order valence-corrected chi connectivity index (χ1v) is 9.08. The zero-order chi connectivity index (χ0) is 19.2. The number of aromatic nitrogens is 1. The lowest BCUT2D eigenvalue weighted by Gasteiger charge is -2.16. The molecule has 0 radical (unpaired) electrons. The van der Waals surface area contributed by atoms with E-state index >= 15 is 0 Å². The van der Waals surface area contributed by atoms with E-state index in [-0.39, 0.29) is 6.04 Å². The minimum absolute atomic E-state index is 0.271. The summed E-state index contributed by atoms with van der Waals surface area (Å²) < 4.78 is 16.6. The Morgan fingerprint density at radius 1 is 1.07 bits per heavy atom. The molecule has 0 fully saturated rings. The Labute approximate surface area is 160 Å². The van der Waals surface area contributed by atoms with E-state index in [1.54, 1.807) is 7.11 Å². The molecule has 3 aromatic rings. The van der Waals surface area contributed by atoms with Crippen LogP contribution >= 0.6 is 0 Å². The van der Waals surface area contributed by atoms with Crippen LogP contribution in [0, 0.1) is 13.8 Å². The Balaban J connectivity index is 1.63. The van der Waals surface area contributed by atoms with Crippen LogP contribution in [0.3, 0.4) is 0 Å². The lowest BCUT2D eigenvalue weighted by atomic mass is 10.1. The summed E-state index contributed by atoms with van der Waals surface area (Å²) >= 11 is 0. The van der Waals surface area contributed by atoms with E-state index in [0.717, 1.165) is 29.1 Å². The second-order valence-electron chi connectivity index (χ2n) is 6.59. The SMILES string of the molecule is COc1cc(CNC(C)c2ccccc2)ccc1OCc1c(C)noc1C. The minimum Gasteiger partial charge on any atom is -0.493 e. The lowest BCUT2D eigenvalue weighted by Crippen LogP contribution is -2.18. The fourth-order valence-electron chi connectivity index (χ4n) is 2.93. The Kier molecular flexibility index (Phi) is 6.14. The third-order valence-corrected chi connectivity index (χ3v) is 4.69. The molecule has 1 N–H and O–H groups in total. The smallest absolute Gasteiger partial charge is 0.161 e. The van der Waals surface area contributed by atoms with Crippen molar-refractivity contribution in [2.75, 3.05) is 7.11 Å². The summed E-state index contributed by atoms with van der Waals surface area (Å²) in [6.07, 6.45) is 0. The average Bonchev–Trinajstić information content (AvgIpc) is 3.03. The van der Waals surface area contributed by atoms with Crippen LogP contribution < -0.4 is 14.8 Å². The first kappa shape index (κ1) is 19.0. The molecule has 0 aliphatic heterocycles. The molecule has 0 aliphatic carbocycles. The van der Waals surface area contributed by atoms with Gasteiger partial charge in [0.05, 0.1) is 18.4 Å². The Bertz CT molecular complexity index is 855. The van der Waals surface area contributed by atoms with Crippen molar-refractivity contribution >= 4 is 0 Å². The number of methoxy groups -OCH3 is 1. The standard InChI is InChI=1S/C22H26N2O3/c1-15(19-8-6-5-7-9-19)23-13-18-10-11-21(22(12-18)25-4)26-14-20-16(2)24-27-17(20)3/h5-12,15,23H,13-14H2,1-4H3. The molecule has 0 saturated heterocycles. The summed E-state index contributed by atoms with van der Waals surface area (Å²) in [6.45, 7) is 7.11. The van der Waals surface area contributed by atoms with E-state index in [0.29, 0.717) is 18.1 Å². The number of rotatable bonds is 8. The van der Waals surface area contributed by atoms with Crippen LogP contribution in [-0.2, 0) is 13.2 Å². The Hall–Kier alpha value is -2.79. The van der Waals surface area contributed by atoms with Crippen LogP contribution in [0.15, 0.2) is 53.1 Å². The summed E-state index contributed by atoms with van der Waals surface area (Å²) in [5, 5.41) is 7.49. The van der Waals surface area contributed by atoms with E-state index in [2.05, 4.69) is 47.7 Å². The maximum absolute atomic E-state index is 5.94. The van der Waals surface area contributed by atoms with E-state index in [1.807, 2.05) is 32.0 Å². The molecule has 0 aliphatic rings. The summed E-state index contributed by atoms with van der Waals surface area (Å²) in [5.41, 5.74) is 4.23. The molecule has 5 nitrogen and oxygen atoms in total. The van der Waals surface area contributed by atoms with Crippen LogP contribution in [0.4, 0.5) is 0 Å². The Morgan fingerprint density at radius 3 is 2.52 bits per heavy atom. The summed E-state index contributed by atoms with van der Waals surface area (Å²) in [4.78, 5) is 0. The fourth-order valence-corrected chi connectivity index (χ4v) is 2.93. The quantitative estimate of drug-likeness (QED) is 0.624. The van der Waals surface area contributed by atoms with Crippen molar-refractivity contribution in [1.82, 2.24) is 10.5 Å². The predicted molar refractivity (Wildman–Crippen MR) is 105 cm³/mol. The molecule has 3 rings (SSSR count). The van der Waals surface area contributed by atoms with Crippen LogP contribution in [0.1, 0.15) is 41.1 Å². The number of hydrogen-bond donors (Lipinski definition) is 1. The van der Waals surface area contributed by atoms with Crippen LogP contribution in [0.25, 0.3) is 0 Å². The molecule has 1 atom stereocenters. The molecule has 27 heavy (non-hydrogen) atoms. The largest absolute Gasteiger partial charge is 0.493 e. The number of nitrogens with zero attached hydrogens (tertiary/aromatic N) is 1. The van der Waals surface area contributed by atoms with Crippen molar-refractivity contribution < 1.29 is 14.0 Å². The van der Waals surface area contributed by atoms with Crippen LogP contribution in [0.2, 0.25) is 0 Å². The van der Waals surface area contributed by atoms with Gasteiger partial charge in [-0.15, -0.1) is 0 Å². The van der Waals surface area contributed by atoms with E-state index in [1.165, 1.54) is 5.56 Å². The van der Waals surface area contributed by atoms with E-state index in [9.17, 15) is 0 Å². The van der Waals surface area contributed by atoms with E-state index in [4.69, 9.17) is 14.0 Å². The molecular weight excluding hydrogens is 340 g/mol. The predicted octanol–water partition coefficient (Wildman–Crippen LogP) is 4.73. The minimum atomic E-state index is 0.271. The molecule has 2 aromatic carbocycles. The van der Waals surface area contributed by atoms with Gasteiger partial charge in [-0.2, -0.15) is 0 Å². The maximum Gasteiger partial charge on any atom is 0.161 e. The van der Waals surface area contributed by atoms with Gasteiger partial charge in [-0.05, 0) is 44.0 Å². The first-order valence-electron chi connectivity index (χ1n) is 9.08. The Morgan fingerprint density at radius 2 is 1.85 bits per heavy atom. The second kappa shape index (κ2) is 8.73. The highest BCUT2D eigenvalue weighted by Crippen LogP contribution is 2.29. The van der Waals surface area contributed by atoms with Gasteiger partial charge in [0.1, 0.15) is 12.4 Å².